The Kier molecular flexibility index (Phi) is 7.44. The van der Waals surface area contributed by atoms with Crippen LogP contribution in [0.5, 0.6) is 5.75 Å². The summed E-state index contributed by atoms with van der Waals surface area (Å²) in [5.41, 5.74) is 2.12. The van der Waals surface area contributed by atoms with Gasteiger partial charge >= 0.3 is 0 Å². The van der Waals surface area contributed by atoms with E-state index >= 15 is 0 Å². The number of amides is 1. The summed E-state index contributed by atoms with van der Waals surface area (Å²) in [5, 5.41) is 9.64. The first kappa shape index (κ1) is 22.4. The molecule has 1 aliphatic heterocycles. The SMILES string of the molecule is CCOc1ccc(-n2c(Cc3ccccc3)nnc2SCC(=O)N2CCN(C)CC2)cc1. The van der Waals surface area contributed by atoms with E-state index in [-0.39, 0.29) is 5.91 Å². The number of hydrogen-bond acceptors (Lipinski definition) is 6. The Morgan fingerprint density at radius 1 is 1.00 bits per heavy atom. The molecule has 1 amide bonds. The largest absolute Gasteiger partial charge is 0.494 e. The molecule has 0 N–H and O–H groups in total. The monoisotopic (exact) mass is 451 g/mol. The molecule has 2 aromatic carbocycles. The Labute approximate surface area is 193 Å². The van der Waals surface area contributed by atoms with Gasteiger partial charge in [-0.3, -0.25) is 9.36 Å². The topological polar surface area (TPSA) is 63.5 Å². The number of aromatic nitrogens is 3. The molecule has 8 heteroatoms. The van der Waals surface area contributed by atoms with Crippen molar-refractivity contribution in [3.05, 3.63) is 66.0 Å². The number of nitrogens with zero attached hydrogens (tertiary/aromatic N) is 5. The summed E-state index contributed by atoms with van der Waals surface area (Å²) in [6.07, 6.45) is 0.661. The number of likely N-dealkylation sites (N-methyl/N-ethyl adjacent to an activating group) is 1. The molecule has 2 heterocycles. The van der Waals surface area contributed by atoms with Crippen molar-refractivity contribution in [2.75, 3.05) is 45.6 Å². The molecule has 0 radical (unpaired) electrons. The third-order valence-electron chi connectivity index (χ3n) is 5.49. The number of hydrogen-bond donors (Lipinski definition) is 0. The van der Waals surface area contributed by atoms with E-state index in [1.807, 2.05) is 58.9 Å². The molecule has 7 nitrogen and oxygen atoms in total. The van der Waals surface area contributed by atoms with E-state index in [1.54, 1.807) is 0 Å². The van der Waals surface area contributed by atoms with Crippen LogP contribution in [0.3, 0.4) is 0 Å². The van der Waals surface area contributed by atoms with Gasteiger partial charge in [-0.05, 0) is 43.8 Å². The second-order valence-electron chi connectivity index (χ2n) is 7.80. The number of ether oxygens (including phenoxy) is 1. The minimum absolute atomic E-state index is 0.147. The Balaban J connectivity index is 1.55. The van der Waals surface area contributed by atoms with Crippen molar-refractivity contribution in [1.29, 1.82) is 0 Å². The first-order valence-electron chi connectivity index (χ1n) is 10.9. The first-order valence-corrected chi connectivity index (χ1v) is 11.9. The quantitative estimate of drug-likeness (QED) is 0.491. The van der Waals surface area contributed by atoms with Gasteiger partial charge in [-0.15, -0.1) is 10.2 Å². The molecule has 0 bridgehead atoms. The van der Waals surface area contributed by atoms with Gasteiger partial charge < -0.3 is 14.5 Å². The summed E-state index contributed by atoms with van der Waals surface area (Å²) in [4.78, 5) is 16.9. The van der Waals surface area contributed by atoms with Gasteiger partial charge in [0.25, 0.3) is 0 Å². The number of carbonyl (C=O) groups is 1. The van der Waals surface area contributed by atoms with E-state index in [0.717, 1.165) is 54.2 Å². The van der Waals surface area contributed by atoms with Gasteiger partial charge in [0.15, 0.2) is 5.16 Å². The van der Waals surface area contributed by atoms with E-state index in [9.17, 15) is 4.79 Å². The van der Waals surface area contributed by atoms with Crippen LogP contribution in [0.4, 0.5) is 0 Å². The number of carbonyl (C=O) groups excluding carboxylic acids is 1. The van der Waals surface area contributed by atoms with E-state index in [0.29, 0.717) is 18.8 Å². The van der Waals surface area contributed by atoms with Gasteiger partial charge in [-0.2, -0.15) is 0 Å². The van der Waals surface area contributed by atoms with Crippen molar-refractivity contribution < 1.29 is 9.53 Å². The molecule has 1 aliphatic rings. The molecular weight excluding hydrogens is 422 g/mol. The van der Waals surface area contributed by atoms with Crippen LogP contribution in [-0.2, 0) is 11.2 Å². The molecule has 3 aromatic rings. The van der Waals surface area contributed by atoms with Gasteiger partial charge in [-0.25, -0.2) is 0 Å². The molecule has 1 fully saturated rings. The highest BCUT2D eigenvalue weighted by atomic mass is 32.2. The lowest BCUT2D eigenvalue weighted by Gasteiger charge is -2.32. The summed E-state index contributed by atoms with van der Waals surface area (Å²) < 4.78 is 7.63. The lowest BCUT2D eigenvalue weighted by atomic mass is 10.1. The average molecular weight is 452 g/mol. The van der Waals surface area contributed by atoms with Crippen LogP contribution in [0.25, 0.3) is 5.69 Å². The predicted octanol–water partition coefficient (Wildman–Crippen LogP) is 3.12. The third kappa shape index (κ3) is 5.49. The second kappa shape index (κ2) is 10.7. The zero-order valence-corrected chi connectivity index (χ0v) is 19.4. The van der Waals surface area contributed by atoms with E-state index in [1.165, 1.54) is 11.8 Å². The zero-order valence-electron chi connectivity index (χ0n) is 18.6. The normalized spacial score (nSPS) is 14.5. The van der Waals surface area contributed by atoms with Crippen molar-refractivity contribution in [2.45, 2.75) is 18.5 Å². The van der Waals surface area contributed by atoms with Crippen LogP contribution in [-0.4, -0.2) is 76.1 Å². The number of rotatable bonds is 8. The predicted molar refractivity (Wildman–Crippen MR) is 127 cm³/mol. The van der Waals surface area contributed by atoms with Crippen LogP contribution in [0.15, 0.2) is 59.8 Å². The average Bonchev–Trinajstić information content (AvgIpc) is 3.21. The molecule has 168 valence electrons. The maximum absolute atomic E-state index is 12.8. The van der Waals surface area contributed by atoms with E-state index in [4.69, 9.17) is 4.74 Å². The van der Waals surface area contributed by atoms with Crippen LogP contribution in [0.2, 0.25) is 0 Å². The fraction of sp³-hybridized carbons (Fsp3) is 0.375. The Bertz CT molecular complexity index is 1010. The summed E-state index contributed by atoms with van der Waals surface area (Å²) in [5.74, 6) is 2.17. The van der Waals surface area contributed by atoms with Crippen LogP contribution in [0.1, 0.15) is 18.3 Å². The Morgan fingerprint density at radius 3 is 2.41 bits per heavy atom. The lowest BCUT2D eigenvalue weighted by molar-refractivity contribution is -0.129. The molecule has 0 saturated carbocycles. The standard InChI is InChI=1S/C24H29N5O2S/c1-3-31-21-11-9-20(10-12-21)29-22(17-19-7-5-4-6-8-19)25-26-24(29)32-18-23(30)28-15-13-27(2)14-16-28/h4-12H,3,13-18H2,1-2H3. The van der Waals surface area contributed by atoms with Crippen molar-refractivity contribution in [1.82, 2.24) is 24.6 Å². The number of thioether (sulfide) groups is 1. The molecule has 1 saturated heterocycles. The van der Waals surface area contributed by atoms with Gasteiger partial charge in [-0.1, -0.05) is 42.1 Å². The number of piperazine rings is 1. The molecule has 1 aromatic heterocycles. The summed E-state index contributed by atoms with van der Waals surface area (Å²) in [6, 6.07) is 18.1. The van der Waals surface area contributed by atoms with Crippen LogP contribution < -0.4 is 4.74 Å². The van der Waals surface area contributed by atoms with Crippen molar-refractivity contribution in [2.24, 2.45) is 0 Å². The van der Waals surface area contributed by atoms with E-state index in [2.05, 4.69) is 34.3 Å². The molecule has 0 spiro atoms. The summed E-state index contributed by atoms with van der Waals surface area (Å²) in [7, 11) is 2.09. The fourth-order valence-electron chi connectivity index (χ4n) is 3.68. The minimum Gasteiger partial charge on any atom is -0.494 e. The maximum atomic E-state index is 12.8. The lowest BCUT2D eigenvalue weighted by Crippen LogP contribution is -2.47. The highest BCUT2D eigenvalue weighted by molar-refractivity contribution is 7.99. The smallest absolute Gasteiger partial charge is 0.233 e. The van der Waals surface area contributed by atoms with E-state index < -0.39 is 0 Å². The Hall–Kier alpha value is -2.84. The number of benzene rings is 2. The van der Waals surface area contributed by atoms with Crippen molar-refractivity contribution in [3.8, 4) is 11.4 Å². The minimum atomic E-state index is 0.147. The summed E-state index contributed by atoms with van der Waals surface area (Å²) in [6.45, 7) is 5.99. The zero-order chi connectivity index (χ0) is 22.3. The highest BCUT2D eigenvalue weighted by Gasteiger charge is 2.21. The second-order valence-corrected chi connectivity index (χ2v) is 8.74. The molecular formula is C24H29N5O2S. The fourth-order valence-corrected chi connectivity index (χ4v) is 4.55. The first-order chi connectivity index (χ1) is 15.6. The van der Waals surface area contributed by atoms with Gasteiger partial charge in [0.1, 0.15) is 11.6 Å². The van der Waals surface area contributed by atoms with Gasteiger partial charge in [0.05, 0.1) is 12.4 Å². The maximum Gasteiger partial charge on any atom is 0.233 e. The molecule has 0 atom stereocenters. The molecule has 32 heavy (non-hydrogen) atoms. The molecule has 4 rings (SSSR count). The van der Waals surface area contributed by atoms with Crippen LogP contribution in [0, 0.1) is 0 Å². The molecule has 0 aliphatic carbocycles. The summed E-state index contributed by atoms with van der Waals surface area (Å²) >= 11 is 1.44. The highest BCUT2D eigenvalue weighted by Crippen LogP contribution is 2.25. The van der Waals surface area contributed by atoms with Gasteiger partial charge in [0.2, 0.25) is 5.91 Å². The van der Waals surface area contributed by atoms with Crippen molar-refractivity contribution >= 4 is 17.7 Å². The third-order valence-corrected chi connectivity index (χ3v) is 6.41. The molecule has 0 unspecified atom stereocenters. The Morgan fingerprint density at radius 2 is 1.72 bits per heavy atom. The van der Waals surface area contributed by atoms with Gasteiger partial charge in [0, 0.05) is 38.3 Å². The van der Waals surface area contributed by atoms with Crippen molar-refractivity contribution in [3.63, 3.8) is 0 Å². The van der Waals surface area contributed by atoms with Crippen LogP contribution >= 0.6 is 11.8 Å².